The van der Waals surface area contributed by atoms with Crippen LogP contribution in [0.1, 0.15) is 0 Å². The van der Waals surface area contributed by atoms with Gasteiger partial charge >= 0.3 is 16.5 Å². The summed E-state index contributed by atoms with van der Waals surface area (Å²) < 4.78 is 2.25. The fourth-order valence-electron chi connectivity index (χ4n) is 3.66. The smallest absolute Gasteiger partial charge is 0.318 e. The monoisotopic (exact) mass is 293 g/mol. The third kappa shape index (κ3) is 1.44. The second kappa shape index (κ2) is 4.37. The molecule has 0 atom stereocenters. The molecule has 0 aliphatic rings. The Kier molecular flexibility index (Phi) is 2.44. The SMILES string of the molecule is [Al][n]1c2ccccc2c2c3ccccc3c3ccccc3c21. The lowest BCUT2D eigenvalue weighted by Gasteiger charge is -2.09. The molecule has 2 radical (unpaired) electrons. The lowest BCUT2D eigenvalue weighted by atomic mass is 9.97. The van der Waals surface area contributed by atoms with Crippen LogP contribution in [0, 0.1) is 0 Å². The molecule has 5 aromatic rings. The van der Waals surface area contributed by atoms with Gasteiger partial charge in [0.25, 0.3) is 0 Å². The van der Waals surface area contributed by atoms with Gasteiger partial charge in [-0.1, -0.05) is 66.7 Å². The summed E-state index contributed by atoms with van der Waals surface area (Å²) in [7, 11) is 0. The highest BCUT2D eigenvalue weighted by Gasteiger charge is 2.14. The topological polar surface area (TPSA) is 4.93 Å². The van der Waals surface area contributed by atoms with Crippen molar-refractivity contribution >= 4 is 59.9 Å². The first-order valence-electron chi connectivity index (χ1n) is 7.44. The van der Waals surface area contributed by atoms with Crippen LogP contribution in [0.4, 0.5) is 0 Å². The second-order valence-corrected chi connectivity index (χ2v) is 6.22. The maximum absolute atomic E-state index is 2.89. The van der Waals surface area contributed by atoms with E-state index in [0.29, 0.717) is 0 Å². The summed E-state index contributed by atoms with van der Waals surface area (Å²) in [6.45, 7) is 0. The van der Waals surface area contributed by atoms with Crippen molar-refractivity contribution in [3.8, 4) is 0 Å². The Balaban J connectivity index is 2.29. The molecule has 100 valence electrons. The van der Waals surface area contributed by atoms with Crippen molar-refractivity contribution in [3.05, 3.63) is 72.8 Å². The molecule has 0 spiro atoms. The first-order chi connectivity index (χ1) is 10.9. The number of para-hydroxylation sites is 1. The Hall–Kier alpha value is -2.27. The van der Waals surface area contributed by atoms with Crippen LogP contribution in [0.25, 0.3) is 43.4 Å². The van der Waals surface area contributed by atoms with Crippen molar-refractivity contribution in [2.24, 2.45) is 0 Å². The number of hydrogen-bond acceptors (Lipinski definition) is 0. The van der Waals surface area contributed by atoms with Crippen LogP contribution in [-0.4, -0.2) is 20.1 Å². The Bertz CT molecular complexity index is 1180. The molecule has 1 nitrogen and oxygen atoms in total. The van der Waals surface area contributed by atoms with Crippen LogP contribution in [0.15, 0.2) is 72.8 Å². The summed E-state index contributed by atoms with van der Waals surface area (Å²) in [5, 5.41) is 7.94. The predicted octanol–water partition coefficient (Wildman–Crippen LogP) is 5.03. The molecule has 0 saturated heterocycles. The maximum atomic E-state index is 2.89. The van der Waals surface area contributed by atoms with Gasteiger partial charge < -0.3 is 3.55 Å². The van der Waals surface area contributed by atoms with Crippen molar-refractivity contribution in [2.75, 3.05) is 0 Å². The molecular formula is C20H12AlN. The lowest BCUT2D eigenvalue weighted by Crippen LogP contribution is -1.91. The van der Waals surface area contributed by atoms with E-state index in [2.05, 4.69) is 92.9 Å². The standard InChI is InChI=1S/C20H12N.Al/c1-3-9-15-13(7-1)14-8-2-4-10-16(14)20-19(15)17-11-5-6-12-18(17)21-20;/h1-12H;/q-1;+1. The second-order valence-electron chi connectivity index (χ2n) is 5.70. The number of nitrogens with zero attached hydrogens (tertiary/aromatic N) is 1. The van der Waals surface area contributed by atoms with Gasteiger partial charge in [-0.25, -0.2) is 0 Å². The average molecular weight is 293 g/mol. The first-order valence-corrected chi connectivity index (χ1v) is 7.95. The van der Waals surface area contributed by atoms with Gasteiger partial charge in [-0.2, -0.15) is 0 Å². The van der Waals surface area contributed by atoms with Crippen molar-refractivity contribution < 1.29 is 0 Å². The highest BCUT2D eigenvalue weighted by Crippen LogP contribution is 2.39. The average Bonchev–Trinajstić information content (AvgIpc) is 2.89. The molecule has 0 unspecified atom stereocenters. The first kappa shape index (κ1) is 12.3. The largest absolute Gasteiger partial charge is 0.451 e. The lowest BCUT2D eigenvalue weighted by molar-refractivity contribution is 1.41. The zero-order valence-electron chi connectivity index (χ0n) is 12.0. The number of fused-ring (bicyclic) bond motifs is 8. The predicted molar refractivity (Wildman–Crippen MR) is 95.6 cm³/mol. The van der Waals surface area contributed by atoms with E-state index >= 15 is 0 Å². The third-order valence-corrected chi connectivity index (χ3v) is 5.12. The van der Waals surface area contributed by atoms with Crippen LogP contribution in [0.2, 0.25) is 0 Å². The van der Waals surface area contributed by atoms with E-state index in [9.17, 15) is 0 Å². The van der Waals surface area contributed by atoms with Gasteiger partial charge in [0.1, 0.15) is 0 Å². The highest BCUT2D eigenvalue weighted by molar-refractivity contribution is 6.35. The molecule has 1 aromatic heterocycles. The van der Waals surface area contributed by atoms with Crippen molar-refractivity contribution in [1.82, 2.24) is 3.55 Å². The van der Waals surface area contributed by atoms with Gasteiger partial charge in [-0.3, -0.25) is 0 Å². The zero-order chi connectivity index (χ0) is 14.7. The normalized spacial score (nSPS) is 11.8. The minimum atomic E-state index is 1.25. The molecular weight excluding hydrogens is 281 g/mol. The van der Waals surface area contributed by atoms with Gasteiger partial charge in [0.2, 0.25) is 0 Å². The Labute approximate surface area is 136 Å². The summed E-state index contributed by atoms with van der Waals surface area (Å²) >= 11 is 2.89. The molecule has 0 saturated carbocycles. The minimum absolute atomic E-state index is 1.25. The summed E-state index contributed by atoms with van der Waals surface area (Å²) in [5.41, 5.74) is 2.55. The van der Waals surface area contributed by atoms with Crippen LogP contribution < -0.4 is 0 Å². The summed E-state index contributed by atoms with van der Waals surface area (Å²) in [6, 6.07) is 26.0. The molecule has 22 heavy (non-hydrogen) atoms. The van der Waals surface area contributed by atoms with Gasteiger partial charge in [-0.05, 0) is 22.2 Å². The van der Waals surface area contributed by atoms with E-state index in [1.54, 1.807) is 0 Å². The molecule has 0 aliphatic carbocycles. The summed E-state index contributed by atoms with van der Waals surface area (Å²) in [6.07, 6.45) is 0. The third-order valence-electron chi connectivity index (χ3n) is 4.58. The van der Waals surface area contributed by atoms with E-state index < -0.39 is 0 Å². The van der Waals surface area contributed by atoms with E-state index in [-0.39, 0.29) is 0 Å². The van der Waals surface area contributed by atoms with Crippen molar-refractivity contribution in [1.29, 1.82) is 0 Å². The van der Waals surface area contributed by atoms with E-state index in [0.717, 1.165) is 0 Å². The number of benzene rings is 4. The van der Waals surface area contributed by atoms with E-state index in [1.807, 2.05) is 0 Å². The summed E-state index contributed by atoms with van der Waals surface area (Å²) in [5.74, 6) is 0. The fraction of sp³-hybridized carbons (Fsp3) is 0. The molecule has 0 aliphatic heterocycles. The highest BCUT2D eigenvalue weighted by atomic mass is 27.1. The quantitative estimate of drug-likeness (QED) is 0.279. The molecule has 0 bridgehead atoms. The van der Waals surface area contributed by atoms with Gasteiger partial charge in [0.05, 0.1) is 0 Å². The Morgan fingerprint density at radius 1 is 0.545 bits per heavy atom. The molecule has 1 heterocycles. The van der Waals surface area contributed by atoms with Crippen molar-refractivity contribution in [3.63, 3.8) is 0 Å². The minimum Gasteiger partial charge on any atom is -0.451 e. The van der Waals surface area contributed by atoms with Crippen LogP contribution >= 0.6 is 0 Å². The number of rotatable bonds is 0. The molecule has 0 fully saturated rings. The van der Waals surface area contributed by atoms with Crippen LogP contribution in [0.5, 0.6) is 0 Å². The summed E-state index contributed by atoms with van der Waals surface area (Å²) in [4.78, 5) is 0. The fourth-order valence-corrected chi connectivity index (χ4v) is 4.15. The van der Waals surface area contributed by atoms with Crippen LogP contribution in [0.3, 0.4) is 0 Å². The molecule has 0 N–H and O–H groups in total. The molecule has 2 heteroatoms. The van der Waals surface area contributed by atoms with Gasteiger partial charge in [-0.15, -0.1) is 0 Å². The van der Waals surface area contributed by atoms with Crippen LogP contribution in [-0.2, 0) is 0 Å². The molecule has 4 aromatic carbocycles. The zero-order valence-corrected chi connectivity index (χ0v) is 13.1. The van der Waals surface area contributed by atoms with E-state index in [1.165, 1.54) is 43.4 Å². The number of aromatic nitrogens is 1. The van der Waals surface area contributed by atoms with Crippen molar-refractivity contribution in [2.45, 2.75) is 0 Å². The maximum Gasteiger partial charge on any atom is 0.318 e. The Morgan fingerprint density at radius 2 is 1.05 bits per heavy atom. The number of hydrogen-bond donors (Lipinski definition) is 0. The van der Waals surface area contributed by atoms with Gasteiger partial charge in [0.15, 0.2) is 0 Å². The van der Waals surface area contributed by atoms with E-state index in [4.69, 9.17) is 0 Å². The molecule has 5 rings (SSSR count). The van der Waals surface area contributed by atoms with Gasteiger partial charge in [0, 0.05) is 27.2 Å². The Morgan fingerprint density at radius 3 is 1.77 bits per heavy atom. The molecule has 0 amide bonds.